The van der Waals surface area contributed by atoms with Gasteiger partial charge in [-0.1, -0.05) is 18.6 Å². The molecule has 24 heavy (non-hydrogen) atoms. The van der Waals surface area contributed by atoms with Crippen LogP contribution in [0.4, 0.5) is 10.5 Å². The number of aryl methyl sites for hydroxylation is 1. The lowest BCUT2D eigenvalue weighted by Gasteiger charge is -2.22. The van der Waals surface area contributed by atoms with Crippen molar-refractivity contribution < 1.29 is 4.79 Å². The van der Waals surface area contributed by atoms with E-state index in [2.05, 4.69) is 27.4 Å². The predicted octanol–water partition coefficient (Wildman–Crippen LogP) is 2.44. The van der Waals surface area contributed by atoms with Crippen LogP contribution in [0, 0.1) is 6.92 Å². The van der Waals surface area contributed by atoms with Gasteiger partial charge in [0.05, 0.1) is 0 Å². The van der Waals surface area contributed by atoms with Crippen LogP contribution in [-0.4, -0.2) is 41.6 Å². The van der Waals surface area contributed by atoms with Gasteiger partial charge in [0.25, 0.3) is 0 Å². The number of likely N-dealkylation sites (tertiary alicyclic amines) is 1. The third kappa shape index (κ3) is 3.43. The molecule has 2 amide bonds. The van der Waals surface area contributed by atoms with Crippen LogP contribution >= 0.6 is 0 Å². The predicted molar refractivity (Wildman–Crippen MR) is 96.6 cm³/mol. The van der Waals surface area contributed by atoms with E-state index in [-0.39, 0.29) is 17.1 Å². The van der Waals surface area contributed by atoms with E-state index in [9.17, 15) is 9.59 Å². The molecule has 1 aromatic carbocycles. The third-order valence-corrected chi connectivity index (χ3v) is 4.69. The van der Waals surface area contributed by atoms with Crippen LogP contribution in [0.2, 0.25) is 0 Å². The van der Waals surface area contributed by atoms with E-state index in [4.69, 9.17) is 0 Å². The molecule has 6 nitrogen and oxygen atoms in total. The molecule has 6 heteroatoms. The van der Waals surface area contributed by atoms with Crippen molar-refractivity contribution in [1.29, 1.82) is 0 Å². The maximum absolute atomic E-state index is 12.5. The largest absolute Gasteiger partial charge is 0.359 e. The van der Waals surface area contributed by atoms with Crippen molar-refractivity contribution in [1.82, 2.24) is 15.2 Å². The number of benzene rings is 1. The van der Waals surface area contributed by atoms with Gasteiger partial charge in [-0.25, -0.2) is 4.79 Å². The molecule has 2 heterocycles. The highest BCUT2D eigenvalue weighted by atomic mass is 16.2. The summed E-state index contributed by atoms with van der Waals surface area (Å²) in [7, 11) is 0. The summed E-state index contributed by atoms with van der Waals surface area (Å²) in [5.74, 6) is 0. The number of nitrogens with one attached hydrogen (secondary N) is 3. The molecule has 1 unspecified atom stereocenters. The van der Waals surface area contributed by atoms with E-state index in [1.54, 1.807) is 6.20 Å². The number of carbonyl (C=O) groups is 1. The summed E-state index contributed by atoms with van der Waals surface area (Å²) in [5.41, 5.74) is 1.87. The Balaban J connectivity index is 1.67. The zero-order valence-electron chi connectivity index (χ0n) is 14.2. The molecular formula is C18H24N4O2. The summed E-state index contributed by atoms with van der Waals surface area (Å²) in [4.78, 5) is 30.1. The first-order chi connectivity index (χ1) is 11.6. The van der Waals surface area contributed by atoms with E-state index in [1.165, 1.54) is 6.42 Å². The smallest absolute Gasteiger partial charge is 0.319 e. The van der Waals surface area contributed by atoms with E-state index in [0.29, 0.717) is 18.0 Å². The zero-order chi connectivity index (χ0) is 17.1. The summed E-state index contributed by atoms with van der Waals surface area (Å²) in [6, 6.07) is 5.69. The Morgan fingerprint density at radius 1 is 1.42 bits per heavy atom. The minimum Gasteiger partial charge on any atom is -0.359 e. The number of urea groups is 1. The first-order valence-corrected chi connectivity index (χ1v) is 8.49. The average molecular weight is 328 g/mol. The Morgan fingerprint density at radius 3 is 3.04 bits per heavy atom. The lowest BCUT2D eigenvalue weighted by Crippen LogP contribution is -2.41. The van der Waals surface area contributed by atoms with Crippen LogP contribution in [-0.2, 0) is 0 Å². The van der Waals surface area contributed by atoms with Gasteiger partial charge in [-0.05, 0) is 45.0 Å². The maximum atomic E-state index is 12.5. The molecule has 0 spiro atoms. The molecule has 0 bridgehead atoms. The number of nitrogens with zero attached hydrogens (tertiary/aromatic N) is 1. The van der Waals surface area contributed by atoms with Crippen LogP contribution < -0.4 is 16.1 Å². The number of hydrogen-bond donors (Lipinski definition) is 3. The fraction of sp³-hybridized carbons (Fsp3) is 0.444. The third-order valence-electron chi connectivity index (χ3n) is 4.69. The number of carbonyl (C=O) groups excluding carboxylic acids is 1. The van der Waals surface area contributed by atoms with E-state index >= 15 is 0 Å². The number of anilines is 1. The molecule has 3 rings (SSSR count). The van der Waals surface area contributed by atoms with Gasteiger partial charge >= 0.3 is 6.03 Å². The lowest BCUT2D eigenvalue weighted by atomic mass is 10.1. The first kappa shape index (κ1) is 16.5. The highest BCUT2D eigenvalue weighted by molar-refractivity contribution is 5.92. The van der Waals surface area contributed by atoms with Gasteiger partial charge in [-0.3, -0.25) is 9.69 Å². The van der Waals surface area contributed by atoms with Gasteiger partial charge in [-0.15, -0.1) is 0 Å². The monoisotopic (exact) mass is 328 g/mol. The first-order valence-electron chi connectivity index (χ1n) is 8.49. The van der Waals surface area contributed by atoms with Crippen molar-refractivity contribution in [2.75, 3.05) is 25.0 Å². The summed E-state index contributed by atoms with van der Waals surface area (Å²) in [6.07, 6.45) is 3.82. The standard InChI is InChI=1S/C18H24N4O2/c1-3-22-8-4-5-13(22)10-20-18(24)21-16-11-19-15-7-6-12(2)9-14(15)17(16)23/h6-7,9,11,13H,3-5,8,10H2,1-2H3,(H,19,23)(H2,20,21,24). The number of aromatic nitrogens is 1. The molecule has 1 fully saturated rings. The topological polar surface area (TPSA) is 77.2 Å². The van der Waals surface area contributed by atoms with Crippen molar-refractivity contribution in [3.63, 3.8) is 0 Å². The van der Waals surface area contributed by atoms with Crippen LogP contribution in [0.1, 0.15) is 25.3 Å². The van der Waals surface area contributed by atoms with Gasteiger partial charge in [0.15, 0.2) is 0 Å². The number of amides is 2. The summed E-state index contributed by atoms with van der Waals surface area (Å²) < 4.78 is 0. The number of rotatable bonds is 4. The molecule has 1 saturated heterocycles. The Kier molecular flexibility index (Phi) is 4.85. The Labute approximate surface area is 141 Å². The minimum absolute atomic E-state index is 0.168. The molecule has 0 saturated carbocycles. The van der Waals surface area contributed by atoms with Gasteiger partial charge in [0.1, 0.15) is 5.69 Å². The lowest BCUT2D eigenvalue weighted by molar-refractivity contribution is 0.238. The maximum Gasteiger partial charge on any atom is 0.319 e. The number of fused-ring (bicyclic) bond motifs is 1. The van der Waals surface area contributed by atoms with E-state index in [0.717, 1.165) is 30.6 Å². The highest BCUT2D eigenvalue weighted by Crippen LogP contribution is 2.16. The van der Waals surface area contributed by atoms with Gasteiger partial charge < -0.3 is 15.6 Å². The Bertz CT molecular complexity index is 799. The zero-order valence-corrected chi connectivity index (χ0v) is 14.2. The summed E-state index contributed by atoms with van der Waals surface area (Å²) in [6.45, 7) is 6.76. The van der Waals surface area contributed by atoms with Crippen LogP contribution in [0.5, 0.6) is 0 Å². The minimum atomic E-state index is -0.338. The number of H-pyrrole nitrogens is 1. The Morgan fingerprint density at radius 2 is 2.25 bits per heavy atom. The van der Waals surface area contributed by atoms with Gasteiger partial charge in [0.2, 0.25) is 5.43 Å². The number of aromatic amines is 1. The fourth-order valence-electron chi connectivity index (χ4n) is 3.34. The fourth-order valence-corrected chi connectivity index (χ4v) is 3.34. The van der Waals surface area contributed by atoms with Gasteiger partial charge in [-0.2, -0.15) is 0 Å². The molecule has 1 aromatic heterocycles. The molecule has 0 aliphatic carbocycles. The second kappa shape index (κ2) is 7.05. The molecule has 3 N–H and O–H groups in total. The summed E-state index contributed by atoms with van der Waals surface area (Å²) >= 11 is 0. The van der Waals surface area contributed by atoms with E-state index < -0.39 is 0 Å². The van der Waals surface area contributed by atoms with Crippen molar-refractivity contribution in [3.8, 4) is 0 Å². The van der Waals surface area contributed by atoms with Crippen molar-refractivity contribution in [3.05, 3.63) is 40.2 Å². The molecule has 1 aliphatic rings. The molecule has 128 valence electrons. The van der Waals surface area contributed by atoms with Crippen LogP contribution in [0.3, 0.4) is 0 Å². The molecule has 2 aromatic rings. The van der Waals surface area contributed by atoms with Crippen molar-refractivity contribution in [2.45, 2.75) is 32.7 Å². The summed E-state index contributed by atoms with van der Waals surface area (Å²) in [5, 5.41) is 6.13. The molecule has 1 aliphatic heterocycles. The number of pyridine rings is 1. The molecular weight excluding hydrogens is 304 g/mol. The quantitative estimate of drug-likeness (QED) is 0.807. The number of likely N-dealkylation sites (N-methyl/N-ethyl adjacent to an activating group) is 1. The van der Waals surface area contributed by atoms with Crippen molar-refractivity contribution >= 4 is 22.6 Å². The highest BCUT2D eigenvalue weighted by Gasteiger charge is 2.23. The molecule has 1 atom stereocenters. The molecule has 0 radical (unpaired) electrons. The van der Waals surface area contributed by atoms with Crippen LogP contribution in [0.15, 0.2) is 29.2 Å². The van der Waals surface area contributed by atoms with Crippen molar-refractivity contribution in [2.24, 2.45) is 0 Å². The van der Waals surface area contributed by atoms with E-state index in [1.807, 2.05) is 25.1 Å². The van der Waals surface area contributed by atoms with Crippen LogP contribution in [0.25, 0.3) is 10.9 Å². The number of hydrogen-bond acceptors (Lipinski definition) is 3. The Hall–Kier alpha value is -2.34. The van der Waals surface area contributed by atoms with Gasteiger partial charge in [0, 0.05) is 29.7 Å². The second-order valence-corrected chi connectivity index (χ2v) is 6.34. The second-order valence-electron chi connectivity index (χ2n) is 6.34. The normalized spacial score (nSPS) is 18.0. The average Bonchev–Trinajstić information content (AvgIpc) is 3.03. The SMILES string of the molecule is CCN1CCCC1CNC(=O)Nc1c[nH]c2ccc(C)cc2c1=O.